The molecule has 0 aromatic heterocycles. The molecule has 1 atom stereocenters. The highest BCUT2D eigenvalue weighted by Gasteiger charge is 2.65. The number of methoxy groups -OCH3 is 1. The van der Waals surface area contributed by atoms with Gasteiger partial charge >= 0.3 is 6.18 Å². The van der Waals surface area contributed by atoms with Gasteiger partial charge in [0.25, 0.3) is 11.5 Å². The zero-order valence-electron chi connectivity index (χ0n) is 25.5. The van der Waals surface area contributed by atoms with Crippen LogP contribution in [0.3, 0.4) is 0 Å². The highest BCUT2D eigenvalue weighted by atomic mass is 35.5. The number of carbonyl (C=O) groups is 2. The van der Waals surface area contributed by atoms with Crippen molar-refractivity contribution in [1.82, 2.24) is 14.7 Å². The lowest BCUT2D eigenvalue weighted by Crippen LogP contribution is -2.71. The molecule has 44 heavy (non-hydrogen) atoms. The molecule has 3 aliphatic rings. The van der Waals surface area contributed by atoms with Gasteiger partial charge in [0.1, 0.15) is 0 Å². The molecule has 2 saturated heterocycles. The van der Waals surface area contributed by atoms with Crippen molar-refractivity contribution in [3.8, 4) is 0 Å². The molecular formula is C32H42ClF3N4O4. The third-order valence-corrected chi connectivity index (χ3v) is 9.18. The summed E-state index contributed by atoms with van der Waals surface area (Å²) < 4.78 is 46.4. The van der Waals surface area contributed by atoms with Crippen molar-refractivity contribution in [1.29, 1.82) is 0 Å². The van der Waals surface area contributed by atoms with Gasteiger partial charge in [0.2, 0.25) is 0 Å². The fraction of sp³-hybridized carbons (Fsp3) is 0.562. The highest BCUT2D eigenvalue weighted by molar-refractivity contribution is 6.33. The molecule has 3 fully saturated rings. The number of benzene rings is 2. The molecule has 242 valence electrons. The van der Waals surface area contributed by atoms with Gasteiger partial charge in [-0.2, -0.15) is 13.2 Å². The molecule has 1 aliphatic carbocycles. The number of ether oxygens (including phenoxy) is 1. The number of nitrogens with zero attached hydrogens (tertiary/aromatic N) is 4. The number of aldehydes is 1. The Balaban J connectivity index is 0.000000488. The largest absolute Gasteiger partial charge is 0.430 e. The van der Waals surface area contributed by atoms with E-state index >= 15 is 0 Å². The molecule has 1 amide bonds. The molecule has 1 saturated carbocycles. The molecule has 2 aromatic rings. The van der Waals surface area contributed by atoms with Crippen LogP contribution in [-0.2, 0) is 15.1 Å². The van der Waals surface area contributed by atoms with Crippen molar-refractivity contribution in [2.45, 2.75) is 37.1 Å². The minimum atomic E-state index is -5.12. The summed E-state index contributed by atoms with van der Waals surface area (Å²) in [5, 5.41) is 11.0. The summed E-state index contributed by atoms with van der Waals surface area (Å²) >= 11 is 6.16. The van der Waals surface area contributed by atoms with E-state index in [-0.39, 0.29) is 18.5 Å². The molecule has 1 N–H and O–H groups in total. The number of likely N-dealkylation sites (tertiary alicyclic amines) is 1. The summed E-state index contributed by atoms with van der Waals surface area (Å²) in [5.41, 5.74) is -2.74. The molecule has 8 nitrogen and oxygen atoms in total. The lowest BCUT2D eigenvalue weighted by molar-refractivity contribution is -0.267. The fourth-order valence-electron chi connectivity index (χ4n) is 6.36. The van der Waals surface area contributed by atoms with E-state index in [1.54, 1.807) is 19.2 Å². The number of hydrogen-bond donors (Lipinski definition) is 1. The second kappa shape index (κ2) is 14.2. The van der Waals surface area contributed by atoms with Crippen LogP contribution in [0.25, 0.3) is 0 Å². The molecule has 2 aliphatic heterocycles. The number of amides is 1. The normalized spacial score (nSPS) is 19.9. The van der Waals surface area contributed by atoms with Gasteiger partial charge in [0, 0.05) is 81.3 Å². The van der Waals surface area contributed by atoms with E-state index in [0.717, 1.165) is 87.6 Å². The maximum Gasteiger partial charge on any atom is 0.430 e. The first-order chi connectivity index (χ1) is 20.8. The Hall–Kier alpha value is -2.70. The van der Waals surface area contributed by atoms with Gasteiger partial charge in [-0.3, -0.25) is 14.5 Å². The Labute approximate surface area is 262 Å². The highest BCUT2D eigenvalue weighted by Crippen LogP contribution is 2.52. The number of hydrogen-bond acceptors (Lipinski definition) is 7. The van der Waals surface area contributed by atoms with Crippen LogP contribution in [-0.4, -0.2) is 118 Å². The summed E-state index contributed by atoms with van der Waals surface area (Å²) in [4.78, 5) is 31.7. The summed E-state index contributed by atoms with van der Waals surface area (Å²) in [6.07, 6.45) is -1.60. The molecule has 5 rings (SSSR count). The monoisotopic (exact) mass is 638 g/mol. The molecule has 0 radical (unpaired) electrons. The summed E-state index contributed by atoms with van der Waals surface area (Å²) in [7, 11) is 5.86. The Morgan fingerprint density at radius 1 is 1.09 bits per heavy atom. The maximum absolute atomic E-state index is 13.8. The van der Waals surface area contributed by atoms with E-state index in [0.29, 0.717) is 16.6 Å². The van der Waals surface area contributed by atoms with Crippen molar-refractivity contribution < 1.29 is 32.6 Å². The number of halogens is 4. The summed E-state index contributed by atoms with van der Waals surface area (Å²) in [6.45, 7) is 5.76. The lowest BCUT2D eigenvalue weighted by Gasteiger charge is -2.62. The average molecular weight is 639 g/mol. The van der Waals surface area contributed by atoms with Gasteiger partial charge in [-0.25, -0.2) is 0 Å². The molecule has 1 spiro atoms. The van der Waals surface area contributed by atoms with E-state index in [1.807, 2.05) is 6.07 Å². The second-order valence-corrected chi connectivity index (χ2v) is 12.7. The number of carbonyl (C=O) groups excluding carboxylic acids is 2. The average Bonchev–Trinajstić information content (AvgIpc) is 2.95. The van der Waals surface area contributed by atoms with Gasteiger partial charge in [0.05, 0.1) is 5.02 Å². The number of alkyl halides is 3. The molecular weight excluding hydrogens is 597 g/mol. The van der Waals surface area contributed by atoms with Gasteiger partial charge in [-0.1, -0.05) is 41.9 Å². The van der Waals surface area contributed by atoms with Gasteiger partial charge < -0.3 is 24.5 Å². The van der Waals surface area contributed by atoms with Crippen LogP contribution in [0, 0.1) is 5.41 Å². The van der Waals surface area contributed by atoms with Crippen LogP contribution >= 0.6 is 11.6 Å². The maximum atomic E-state index is 13.8. The predicted octanol–water partition coefficient (Wildman–Crippen LogP) is 4.30. The van der Waals surface area contributed by atoms with Crippen molar-refractivity contribution in [3.63, 3.8) is 0 Å². The fourth-order valence-corrected chi connectivity index (χ4v) is 6.58. The van der Waals surface area contributed by atoms with Gasteiger partial charge in [-0.05, 0) is 58.1 Å². The molecule has 2 heterocycles. The Bertz CT molecular complexity index is 1260. The van der Waals surface area contributed by atoms with Crippen LogP contribution in [0.4, 0.5) is 18.9 Å². The SMILES string of the molecule is COCCCN(C)C.O=Cc1ccc(N2CCN(C3CC4(C3)CN(C(=O)C(O)(c3ccccc3)C(F)(F)F)C4)CC2)cc1Cl. The van der Waals surface area contributed by atoms with Crippen molar-refractivity contribution in [2.24, 2.45) is 5.41 Å². The van der Waals surface area contributed by atoms with Crippen LogP contribution in [0.2, 0.25) is 5.02 Å². The summed E-state index contributed by atoms with van der Waals surface area (Å²) in [6, 6.07) is 12.3. The molecule has 1 unspecified atom stereocenters. The first-order valence-corrected chi connectivity index (χ1v) is 15.2. The van der Waals surface area contributed by atoms with Gasteiger partial charge in [0.15, 0.2) is 6.29 Å². The van der Waals surface area contributed by atoms with Crippen LogP contribution in [0.5, 0.6) is 0 Å². The Morgan fingerprint density at radius 2 is 1.73 bits per heavy atom. The number of aliphatic hydroxyl groups is 1. The molecule has 0 bridgehead atoms. The minimum absolute atomic E-state index is 0.168. The van der Waals surface area contributed by atoms with Crippen LogP contribution in [0.1, 0.15) is 35.2 Å². The predicted molar refractivity (Wildman–Crippen MR) is 164 cm³/mol. The van der Waals surface area contributed by atoms with Crippen molar-refractivity contribution in [2.75, 3.05) is 78.5 Å². The van der Waals surface area contributed by atoms with Crippen LogP contribution in [0.15, 0.2) is 48.5 Å². The topological polar surface area (TPSA) is 76.6 Å². The first-order valence-electron chi connectivity index (χ1n) is 14.8. The Morgan fingerprint density at radius 3 is 2.25 bits per heavy atom. The van der Waals surface area contributed by atoms with E-state index in [9.17, 15) is 27.9 Å². The first kappa shape index (κ1) is 34.2. The zero-order valence-corrected chi connectivity index (χ0v) is 26.3. The van der Waals surface area contributed by atoms with Crippen molar-refractivity contribution in [3.05, 3.63) is 64.7 Å². The Kier molecular flexibility index (Phi) is 11.0. The zero-order chi connectivity index (χ0) is 32.1. The minimum Gasteiger partial charge on any atom is -0.385 e. The lowest BCUT2D eigenvalue weighted by atomic mass is 9.59. The van der Waals surface area contributed by atoms with E-state index < -0.39 is 23.2 Å². The second-order valence-electron chi connectivity index (χ2n) is 12.3. The molecule has 12 heteroatoms. The molecule has 2 aromatic carbocycles. The van der Waals surface area contributed by atoms with E-state index in [4.69, 9.17) is 16.3 Å². The van der Waals surface area contributed by atoms with Crippen molar-refractivity contribution >= 4 is 29.5 Å². The number of anilines is 1. The van der Waals surface area contributed by atoms with E-state index in [1.165, 1.54) is 18.2 Å². The number of piperazine rings is 1. The summed E-state index contributed by atoms with van der Waals surface area (Å²) in [5.74, 6) is -1.30. The smallest absolute Gasteiger partial charge is 0.385 e. The third-order valence-electron chi connectivity index (χ3n) is 8.85. The number of rotatable bonds is 9. The van der Waals surface area contributed by atoms with E-state index in [2.05, 4.69) is 28.8 Å². The van der Waals surface area contributed by atoms with Crippen LogP contribution < -0.4 is 4.90 Å². The standard InChI is InChI=1S/C26H27ClF3N3O3.C6H15NO/c27-22-12-20(7-6-18(22)15-34)31-8-10-32(11-9-31)21-13-24(14-21)16-33(17-24)23(35)25(36,26(28,29)30)19-4-2-1-3-5-19;1-7(2)5-4-6-8-3/h1-7,12,15,21,36H,8-11,13-14,16-17H2;4-6H2,1-3H3. The van der Waals surface area contributed by atoms with Gasteiger partial charge in [-0.15, -0.1) is 0 Å². The quantitative estimate of drug-likeness (QED) is 0.324. The third kappa shape index (κ3) is 7.39.